The van der Waals surface area contributed by atoms with Crippen LogP contribution in [0.25, 0.3) is 11.0 Å². The van der Waals surface area contributed by atoms with Gasteiger partial charge in [-0.2, -0.15) is 11.8 Å². The number of thioether (sulfide) groups is 1. The SMILES string of the molecule is O=C(c1cc2ccccc2oc1=O)N1CCS[C@@H](c2cccs2)CC1. The molecule has 1 aliphatic rings. The molecule has 1 fully saturated rings. The summed E-state index contributed by atoms with van der Waals surface area (Å²) in [6.07, 6.45) is 0.899. The van der Waals surface area contributed by atoms with E-state index in [0.717, 1.165) is 17.6 Å². The predicted molar refractivity (Wildman–Crippen MR) is 103 cm³/mol. The minimum atomic E-state index is -0.560. The van der Waals surface area contributed by atoms with Crippen LogP contribution >= 0.6 is 23.1 Å². The zero-order valence-electron chi connectivity index (χ0n) is 13.5. The number of fused-ring (bicyclic) bond motifs is 1. The van der Waals surface area contributed by atoms with E-state index in [0.29, 0.717) is 23.9 Å². The van der Waals surface area contributed by atoms with Crippen molar-refractivity contribution in [1.82, 2.24) is 4.90 Å². The molecule has 1 atom stereocenters. The summed E-state index contributed by atoms with van der Waals surface area (Å²) in [5.41, 5.74) is 0.0712. The molecule has 1 saturated heterocycles. The van der Waals surface area contributed by atoms with Gasteiger partial charge in [-0.3, -0.25) is 4.79 Å². The van der Waals surface area contributed by atoms with Gasteiger partial charge in [0.05, 0.1) is 0 Å². The van der Waals surface area contributed by atoms with Crippen LogP contribution in [0, 0.1) is 0 Å². The molecule has 0 radical (unpaired) electrons. The third-order valence-electron chi connectivity index (χ3n) is 4.36. The average molecular weight is 371 g/mol. The zero-order valence-corrected chi connectivity index (χ0v) is 15.1. The van der Waals surface area contributed by atoms with Gasteiger partial charge in [0.15, 0.2) is 0 Å². The van der Waals surface area contributed by atoms with Gasteiger partial charge in [-0.05, 0) is 30.0 Å². The van der Waals surface area contributed by atoms with E-state index in [9.17, 15) is 9.59 Å². The number of hydrogen-bond acceptors (Lipinski definition) is 5. The Morgan fingerprint density at radius 2 is 2.04 bits per heavy atom. The van der Waals surface area contributed by atoms with Crippen molar-refractivity contribution >= 4 is 40.0 Å². The van der Waals surface area contributed by atoms with Crippen LogP contribution in [0.4, 0.5) is 0 Å². The third kappa shape index (κ3) is 3.37. The van der Waals surface area contributed by atoms with Crippen molar-refractivity contribution in [3.05, 3.63) is 68.7 Å². The molecule has 2 aromatic heterocycles. The van der Waals surface area contributed by atoms with Gasteiger partial charge in [0.1, 0.15) is 11.1 Å². The highest BCUT2D eigenvalue weighted by Gasteiger charge is 2.25. The van der Waals surface area contributed by atoms with Crippen LogP contribution in [0.2, 0.25) is 0 Å². The van der Waals surface area contributed by atoms with Gasteiger partial charge in [-0.25, -0.2) is 4.79 Å². The van der Waals surface area contributed by atoms with E-state index >= 15 is 0 Å². The molecule has 128 valence electrons. The summed E-state index contributed by atoms with van der Waals surface area (Å²) in [5, 5.41) is 3.28. The standard InChI is InChI=1S/C19H17NO3S2/c21-18(14-12-13-4-1-2-5-15(13)23-19(14)22)20-8-7-17(25-11-9-20)16-6-3-10-24-16/h1-6,10,12,17H,7-9,11H2/t17-/m1/s1. The van der Waals surface area contributed by atoms with Crippen LogP contribution in [0.15, 0.2) is 57.1 Å². The number of nitrogens with zero attached hydrogens (tertiary/aromatic N) is 1. The molecule has 0 unspecified atom stereocenters. The molecule has 6 heteroatoms. The predicted octanol–water partition coefficient (Wildman–Crippen LogP) is 4.17. The number of carbonyl (C=O) groups is 1. The number of para-hydroxylation sites is 1. The monoisotopic (exact) mass is 371 g/mol. The van der Waals surface area contributed by atoms with Crippen LogP contribution < -0.4 is 5.63 Å². The fraction of sp³-hybridized carbons (Fsp3) is 0.263. The molecule has 4 rings (SSSR count). The first-order valence-electron chi connectivity index (χ1n) is 8.19. The first-order chi connectivity index (χ1) is 12.2. The Labute approximate surface area is 153 Å². The van der Waals surface area contributed by atoms with E-state index in [1.165, 1.54) is 4.88 Å². The number of hydrogen-bond donors (Lipinski definition) is 0. The summed E-state index contributed by atoms with van der Waals surface area (Å²) in [4.78, 5) is 28.2. The number of carbonyl (C=O) groups excluding carboxylic acids is 1. The molecular weight excluding hydrogens is 354 g/mol. The highest BCUT2D eigenvalue weighted by molar-refractivity contribution is 7.99. The maximum Gasteiger partial charge on any atom is 0.349 e. The lowest BCUT2D eigenvalue weighted by Crippen LogP contribution is -2.35. The third-order valence-corrected chi connectivity index (χ3v) is 6.81. The summed E-state index contributed by atoms with van der Waals surface area (Å²) in [6.45, 7) is 1.30. The van der Waals surface area contributed by atoms with Crippen molar-refractivity contribution in [2.24, 2.45) is 0 Å². The fourth-order valence-electron chi connectivity index (χ4n) is 3.06. The van der Waals surface area contributed by atoms with E-state index in [-0.39, 0.29) is 11.5 Å². The second kappa shape index (κ2) is 7.06. The van der Waals surface area contributed by atoms with Gasteiger partial charge in [0.25, 0.3) is 5.91 Å². The van der Waals surface area contributed by atoms with Crippen LogP contribution in [0.5, 0.6) is 0 Å². The van der Waals surface area contributed by atoms with E-state index in [2.05, 4.69) is 17.5 Å². The van der Waals surface area contributed by atoms with Crippen molar-refractivity contribution in [2.75, 3.05) is 18.8 Å². The lowest BCUT2D eigenvalue weighted by molar-refractivity contribution is 0.0762. The van der Waals surface area contributed by atoms with Crippen molar-refractivity contribution in [3.63, 3.8) is 0 Å². The van der Waals surface area contributed by atoms with Crippen LogP contribution in [-0.4, -0.2) is 29.6 Å². The smallest absolute Gasteiger partial charge is 0.349 e. The van der Waals surface area contributed by atoms with E-state index in [4.69, 9.17) is 4.42 Å². The molecule has 4 nitrogen and oxygen atoms in total. The molecule has 1 amide bonds. The van der Waals surface area contributed by atoms with Crippen molar-refractivity contribution < 1.29 is 9.21 Å². The summed E-state index contributed by atoms with van der Waals surface area (Å²) < 4.78 is 5.31. The minimum Gasteiger partial charge on any atom is -0.422 e. The van der Waals surface area contributed by atoms with Gasteiger partial charge >= 0.3 is 5.63 Å². The minimum absolute atomic E-state index is 0.123. The highest BCUT2D eigenvalue weighted by Crippen LogP contribution is 2.36. The Kier molecular flexibility index (Phi) is 4.63. The topological polar surface area (TPSA) is 50.5 Å². The van der Waals surface area contributed by atoms with Crippen LogP contribution in [-0.2, 0) is 0 Å². The molecular formula is C19H17NO3S2. The molecule has 1 aliphatic heterocycles. The van der Waals surface area contributed by atoms with Crippen LogP contribution in [0.1, 0.15) is 26.9 Å². The lowest BCUT2D eigenvalue weighted by atomic mass is 10.1. The largest absolute Gasteiger partial charge is 0.422 e. The Bertz CT molecular complexity index is 949. The number of thiophene rings is 1. The molecule has 3 aromatic rings. The molecule has 0 bridgehead atoms. The molecule has 3 heterocycles. The van der Waals surface area contributed by atoms with Crippen molar-refractivity contribution in [3.8, 4) is 0 Å². The summed E-state index contributed by atoms with van der Waals surface area (Å²) in [5.74, 6) is 0.639. The maximum absolute atomic E-state index is 12.9. The fourth-order valence-corrected chi connectivity index (χ4v) is 5.29. The summed E-state index contributed by atoms with van der Waals surface area (Å²) in [6, 6.07) is 13.1. The summed E-state index contributed by atoms with van der Waals surface area (Å²) >= 11 is 3.64. The quantitative estimate of drug-likeness (QED) is 0.634. The first kappa shape index (κ1) is 16.4. The molecule has 0 saturated carbocycles. The Balaban J connectivity index is 1.57. The van der Waals surface area contributed by atoms with E-state index in [1.807, 2.05) is 30.0 Å². The zero-order chi connectivity index (χ0) is 17.2. The average Bonchev–Trinajstić information content (AvgIpc) is 3.05. The number of rotatable bonds is 2. The number of benzene rings is 1. The van der Waals surface area contributed by atoms with Crippen molar-refractivity contribution in [1.29, 1.82) is 0 Å². The highest BCUT2D eigenvalue weighted by atomic mass is 32.2. The van der Waals surface area contributed by atoms with E-state index < -0.39 is 5.63 Å². The van der Waals surface area contributed by atoms with Gasteiger partial charge in [-0.1, -0.05) is 24.3 Å². The molecule has 0 aliphatic carbocycles. The molecule has 0 N–H and O–H groups in total. The van der Waals surface area contributed by atoms with Gasteiger partial charge < -0.3 is 9.32 Å². The van der Waals surface area contributed by atoms with Crippen molar-refractivity contribution in [2.45, 2.75) is 11.7 Å². The summed E-state index contributed by atoms with van der Waals surface area (Å²) in [7, 11) is 0. The van der Waals surface area contributed by atoms with Crippen LogP contribution in [0.3, 0.4) is 0 Å². The Hall–Kier alpha value is -2.05. The normalized spacial score (nSPS) is 18.2. The first-order valence-corrected chi connectivity index (χ1v) is 10.1. The molecule has 1 aromatic carbocycles. The number of amides is 1. The van der Waals surface area contributed by atoms with E-state index in [1.54, 1.807) is 28.4 Å². The lowest BCUT2D eigenvalue weighted by Gasteiger charge is -2.19. The Morgan fingerprint density at radius 1 is 1.16 bits per heavy atom. The van der Waals surface area contributed by atoms with Gasteiger partial charge in [0, 0.05) is 34.4 Å². The van der Waals surface area contributed by atoms with Gasteiger partial charge in [0.2, 0.25) is 0 Å². The molecule has 0 spiro atoms. The van der Waals surface area contributed by atoms with Gasteiger partial charge in [-0.15, -0.1) is 11.3 Å². The second-order valence-electron chi connectivity index (χ2n) is 5.94. The maximum atomic E-state index is 12.9. The Morgan fingerprint density at radius 3 is 2.88 bits per heavy atom. The second-order valence-corrected chi connectivity index (χ2v) is 8.23. The molecule has 25 heavy (non-hydrogen) atoms.